The van der Waals surface area contributed by atoms with Gasteiger partial charge in [0.25, 0.3) is 5.91 Å². The Balaban J connectivity index is 3.84. The first-order valence-electron chi connectivity index (χ1n) is 3.99. The van der Waals surface area contributed by atoms with E-state index in [9.17, 15) is 4.79 Å². The lowest BCUT2D eigenvalue weighted by Crippen LogP contribution is -2.40. The molecule has 4 nitrogen and oxygen atoms in total. The number of carbonyl (C=O) groups excluding carboxylic acids is 1. The zero-order valence-electron chi connectivity index (χ0n) is 7.38. The number of rotatable bonds is 6. The van der Waals surface area contributed by atoms with Crippen LogP contribution in [0.2, 0.25) is 0 Å². The maximum Gasteiger partial charge on any atom is 0.263 e. The van der Waals surface area contributed by atoms with Gasteiger partial charge in [-0.25, -0.2) is 5.84 Å². The van der Waals surface area contributed by atoms with E-state index in [1.165, 1.54) is 0 Å². The molecule has 0 aromatic carbocycles. The van der Waals surface area contributed by atoms with Crippen molar-refractivity contribution in [2.45, 2.75) is 25.9 Å². The molecule has 0 radical (unpaired) electrons. The van der Waals surface area contributed by atoms with Crippen molar-refractivity contribution in [1.82, 2.24) is 5.43 Å². The monoisotopic (exact) mass is 172 g/mol. The van der Waals surface area contributed by atoms with Crippen LogP contribution in [-0.2, 0) is 9.53 Å². The summed E-state index contributed by atoms with van der Waals surface area (Å²) in [5, 5.41) is 0. The second-order valence-corrected chi connectivity index (χ2v) is 2.41. The highest BCUT2D eigenvalue weighted by molar-refractivity contribution is 5.80. The van der Waals surface area contributed by atoms with E-state index in [1.807, 2.05) is 6.92 Å². The molecule has 0 aromatic rings. The molecule has 0 saturated heterocycles. The maximum absolute atomic E-state index is 11.0. The van der Waals surface area contributed by atoms with E-state index in [0.717, 1.165) is 6.42 Å². The average Bonchev–Trinajstić information content (AvgIpc) is 2.11. The van der Waals surface area contributed by atoms with Gasteiger partial charge in [-0.2, -0.15) is 0 Å². The van der Waals surface area contributed by atoms with Crippen molar-refractivity contribution >= 4 is 5.91 Å². The minimum absolute atomic E-state index is 0.279. The van der Waals surface area contributed by atoms with Crippen molar-refractivity contribution in [3.05, 3.63) is 12.7 Å². The average molecular weight is 172 g/mol. The van der Waals surface area contributed by atoms with Crippen molar-refractivity contribution in [3.8, 4) is 0 Å². The Hall–Kier alpha value is -0.870. The molecule has 0 saturated carbocycles. The van der Waals surface area contributed by atoms with Crippen molar-refractivity contribution in [3.63, 3.8) is 0 Å². The molecule has 3 N–H and O–H groups in total. The summed E-state index contributed by atoms with van der Waals surface area (Å²) in [5.74, 6) is 4.69. The summed E-state index contributed by atoms with van der Waals surface area (Å²) >= 11 is 0. The first-order chi connectivity index (χ1) is 5.76. The fraction of sp³-hybridized carbons (Fsp3) is 0.625. The molecule has 0 aliphatic heterocycles. The highest BCUT2D eigenvalue weighted by atomic mass is 16.5. The third kappa shape index (κ3) is 4.10. The molecule has 12 heavy (non-hydrogen) atoms. The minimum Gasteiger partial charge on any atom is -0.364 e. The van der Waals surface area contributed by atoms with Gasteiger partial charge in [0.15, 0.2) is 0 Å². The van der Waals surface area contributed by atoms with Crippen LogP contribution in [0.4, 0.5) is 0 Å². The molecule has 1 atom stereocenters. The Labute approximate surface area is 72.7 Å². The summed E-state index contributed by atoms with van der Waals surface area (Å²) < 4.78 is 5.17. The van der Waals surface area contributed by atoms with Crippen LogP contribution in [0.15, 0.2) is 12.7 Å². The first-order valence-corrected chi connectivity index (χ1v) is 3.99. The molecule has 0 aromatic heterocycles. The van der Waals surface area contributed by atoms with Crippen LogP contribution in [0, 0.1) is 0 Å². The SMILES string of the molecule is C=CCOC(CCC)C(=O)NN. The van der Waals surface area contributed by atoms with Crippen LogP contribution in [-0.4, -0.2) is 18.6 Å². The number of ether oxygens (including phenoxy) is 1. The summed E-state index contributed by atoms with van der Waals surface area (Å²) in [7, 11) is 0. The maximum atomic E-state index is 11.0. The number of hydrogen-bond acceptors (Lipinski definition) is 3. The van der Waals surface area contributed by atoms with Crippen molar-refractivity contribution in [1.29, 1.82) is 0 Å². The summed E-state index contributed by atoms with van der Waals surface area (Å²) in [6.45, 7) is 5.84. The van der Waals surface area contributed by atoms with Crippen LogP contribution in [0.5, 0.6) is 0 Å². The Morgan fingerprint density at radius 3 is 2.92 bits per heavy atom. The van der Waals surface area contributed by atoms with Gasteiger partial charge < -0.3 is 4.74 Å². The quantitative estimate of drug-likeness (QED) is 0.263. The smallest absolute Gasteiger partial charge is 0.263 e. The first kappa shape index (κ1) is 11.1. The molecule has 0 rings (SSSR count). The van der Waals surface area contributed by atoms with Crippen molar-refractivity contribution < 1.29 is 9.53 Å². The van der Waals surface area contributed by atoms with E-state index >= 15 is 0 Å². The van der Waals surface area contributed by atoms with Crippen LogP contribution in [0.3, 0.4) is 0 Å². The molecule has 0 spiro atoms. The molecular formula is C8H16N2O2. The number of hydrazine groups is 1. The summed E-state index contributed by atoms with van der Waals surface area (Å²) in [5.41, 5.74) is 2.06. The highest BCUT2D eigenvalue weighted by Crippen LogP contribution is 2.01. The van der Waals surface area contributed by atoms with E-state index in [1.54, 1.807) is 6.08 Å². The lowest BCUT2D eigenvalue weighted by atomic mass is 10.2. The van der Waals surface area contributed by atoms with Gasteiger partial charge in [0.05, 0.1) is 6.61 Å². The fourth-order valence-electron chi connectivity index (χ4n) is 0.829. The molecule has 0 bridgehead atoms. The van der Waals surface area contributed by atoms with Gasteiger partial charge in [-0.15, -0.1) is 6.58 Å². The van der Waals surface area contributed by atoms with E-state index in [-0.39, 0.29) is 5.91 Å². The van der Waals surface area contributed by atoms with E-state index in [2.05, 4.69) is 12.0 Å². The summed E-state index contributed by atoms with van der Waals surface area (Å²) in [6.07, 6.45) is 2.72. The van der Waals surface area contributed by atoms with Gasteiger partial charge in [0.1, 0.15) is 6.10 Å². The number of hydrogen-bond donors (Lipinski definition) is 2. The largest absolute Gasteiger partial charge is 0.364 e. The molecule has 0 heterocycles. The minimum atomic E-state index is -0.446. The molecule has 0 aliphatic rings. The third-order valence-corrected chi connectivity index (χ3v) is 1.40. The van der Waals surface area contributed by atoms with Crippen LogP contribution < -0.4 is 11.3 Å². The van der Waals surface area contributed by atoms with Crippen LogP contribution in [0.1, 0.15) is 19.8 Å². The number of amides is 1. The molecule has 4 heteroatoms. The number of nitrogens with one attached hydrogen (secondary N) is 1. The zero-order valence-corrected chi connectivity index (χ0v) is 7.38. The number of carbonyl (C=O) groups is 1. The molecule has 70 valence electrons. The highest BCUT2D eigenvalue weighted by Gasteiger charge is 2.15. The predicted molar refractivity (Wildman–Crippen MR) is 47.2 cm³/mol. The van der Waals surface area contributed by atoms with E-state index in [4.69, 9.17) is 10.6 Å². The normalized spacial score (nSPS) is 12.2. The Kier molecular flexibility index (Phi) is 6.32. The lowest BCUT2D eigenvalue weighted by Gasteiger charge is -2.13. The topological polar surface area (TPSA) is 64.3 Å². The van der Waals surface area contributed by atoms with Gasteiger partial charge in [0.2, 0.25) is 0 Å². The molecule has 0 fully saturated rings. The van der Waals surface area contributed by atoms with E-state index in [0.29, 0.717) is 13.0 Å². The predicted octanol–water partition coefficient (Wildman–Crippen LogP) is 0.348. The van der Waals surface area contributed by atoms with Crippen LogP contribution in [0.25, 0.3) is 0 Å². The standard InChI is InChI=1S/C8H16N2O2/c1-3-5-7(8(11)10-9)12-6-4-2/h4,7H,2-3,5-6,9H2,1H3,(H,10,11). The van der Waals surface area contributed by atoms with Gasteiger partial charge in [-0.3, -0.25) is 10.2 Å². The van der Waals surface area contributed by atoms with Gasteiger partial charge in [-0.05, 0) is 6.42 Å². The Bertz CT molecular complexity index is 148. The van der Waals surface area contributed by atoms with Gasteiger partial charge in [-0.1, -0.05) is 19.4 Å². The van der Waals surface area contributed by atoms with Crippen LogP contribution >= 0.6 is 0 Å². The second kappa shape index (κ2) is 6.82. The molecule has 0 aliphatic carbocycles. The van der Waals surface area contributed by atoms with Crippen molar-refractivity contribution in [2.24, 2.45) is 5.84 Å². The van der Waals surface area contributed by atoms with Gasteiger partial charge >= 0.3 is 0 Å². The van der Waals surface area contributed by atoms with Gasteiger partial charge in [0, 0.05) is 0 Å². The number of nitrogens with two attached hydrogens (primary N) is 1. The van der Waals surface area contributed by atoms with E-state index < -0.39 is 6.10 Å². The summed E-state index contributed by atoms with van der Waals surface area (Å²) in [6, 6.07) is 0. The zero-order chi connectivity index (χ0) is 9.40. The van der Waals surface area contributed by atoms with Crippen molar-refractivity contribution in [2.75, 3.05) is 6.61 Å². The lowest BCUT2D eigenvalue weighted by molar-refractivity contribution is -0.132. The molecular weight excluding hydrogens is 156 g/mol. The molecule has 1 amide bonds. The Morgan fingerprint density at radius 2 is 2.50 bits per heavy atom. The second-order valence-electron chi connectivity index (χ2n) is 2.41. The Morgan fingerprint density at radius 1 is 1.83 bits per heavy atom. The summed E-state index contributed by atoms with van der Waals surface area (Å²) in [4.78, 5) is 11.0. The fourth-order valence-corrected chi connectivity index (χ4v) is 0.829. The third-order valence-electron chi connectivity index (χ3n) is 1.40. The molecule has 1 unspecified atom stereocenters.